The summed E-state index contributed by atoms with van der Waals surface area (Å²) in [5.74, 6) is 0. The minimum absolute atomic E-state index is 0.0752. The van der Waals surface area contributed by atoms with E-state index in [9.17, 15) is 25.0 Å². The summed E-state index contributed by atoms with van der Waals surface area (Å²) in [6.07, 6.45) is 0. The first-order chi connectivity index (χ1) is 12.3. The third-order valence-corrected chi connectivity index (χ3v) is 4.78. The van der Waals surface area contributed by atoms with Gasteiger partial charge < -0.3 is 5.32 Å². The van der Waals surface area contributed by atoms with Crippen LogP contribution >= 0.6 is 24.2 Å². The average molecular weight is 391 g/mol. The van der Waals surface area contributed by atoms with Gasteiger partial charge in [-0.1, -0.05) is 24.2 Å². The van der Waals surface area contributed by atoms with Crippen molar-refractivity contribution in [1.82, 2.24) is 4.98 Å². The first-order valence-electron chi connectivity index (χ1n) is 6.94. The maximum atomic E-state index is 12.2. The Balaban J connectivity index is 1.78. The van der Waals surface area contributed by atoms with E-state index in [0.29, 0.717) is 15.9 Å². The Hall–Kier alpha value is -3.25. The molecule has 26 heavy (non-hydrogen) atoms. The zero-order valence-electron chi connectivity index (χ0n) is 12.7. The molecule has 0 spiro atoms. The number of nitro benzene ring substituents is 2. The number of nitrogens with one attached hydrogen (secondary N) is 1. The van der Waals surface area contributed by atoms with Crippen LogP contribution in [0.15, 0.2) is 42.5 Å². The van der Waals surface area contributed by atoms with Crippen molar-refractivity contribution in [3.8, 4) is 0 Å². The van der Waals surface area contributed by atoms with Gasteiger partial charge in [0.15, 0.2) is 0 Å². The molecule has 10 nitrogen and oxygen atoms in total. The number of carbonyl (C=O) groups is 1. The quantitative estimate of drug-likeness (QED) is 0.392. The zero-order chi connectivity index (χ0) is 18.8. The highest BCUT2D eigenvalue weighted by Gasteiger charge is 2.18. The number of thiol groups is 1. The number of hydrogen-bond donors (Lipinski definition) is 2. The predicted octanol–water partition coefficient (Wildman–Crippen LogP) is 4.00. The second-order valence-corrected chi connectivity index (χ2v) is 6.36. The minimum atomic E-state index is -0.629. The van der Waals surface area contributed by atoms with Crippen LogP contribution in [0, 0.1) is 20.2 Å². The highest BCUT2D eigenvalue weighted by Crippen LogP contribution is 2.32. The van der Waals surface area contributed by atoms with E-state index in [-0.39, 0.29) is 16.5 Å². The van der Waals surface area contributed by atoms with Gasteiger partial charge in [-0.3, -0.25) is 20.2 Å². The van der Waals surface area contributed by atoms with Crippen LogP contribution < -0.4 is 9.62 Å². The zero-order valence-corrected chi connectivity index (χ0v) is 14.4. The van der Waals surface area contributed by atoms with Gasteiger partial charge in [-0.15, -0.1) is 0 Å². The number of aromatic nitrogens is 1. The summed E-state index contributed by atoms with van der Waals surface area (Å²) in [7, 11) is 0. The standard InChI is InChI=1S/C14H9N5O5S2/c20-13(15-8-1-3-9(4-2-8)18(21)22)17(25)14-16-11-6-5-10(19(23)24)7-12(11)26-14/h1-7,25H,(H,15,20). The molecule has 0 aliphatic heterocycles. The van der Waals surface area contributed by atoms with Crippen LogP contribution in [0.4, 0.5) is 27.0 Å². The summed E-state index contributed by atoms with van der Waals surface area (Å²) in [6, 6.07) is 8.85. The number of non-ortho nitro benzene ring substituents is 2. The van der Waals surface area contributed by atoms with Crippen molar-refractivity contribution in [2.45, 2.75) is 0 Å². The molecule has 0 saturated carbocycles. The molecular formula is C14H9N5O5S2. The molecule has 1 aromatic heterocycles. The second kappa shape index (κ2) is 6.93. The summed E-state index contributed by atoms with van der Waals surface area (Å²) < 4.78 is 1.49. The van der Waals surface area contributed by atoms with Gasteiger partial charge >= 0.3 is 6.03 Å². The normalized spacial score (nSPS) is 10.5. The van der Waals surface area contributed by atoms with Gasteiger partial charge in [0.25, 0.3) is 11.4 Å². The van der Waals surface area contributed by atoms with E-state index >= 15 is 0 Å². The number of benzene rings is 2. The fourth-order valence-electron chi connectivity index (χ4n) is 2.04. The number of fused-ring (bicyclic) bond motifs is 1. The van der Waals surface area contributed by atoms with Crippen molar-refractivity contribution in [2.75, 3.05) is 9.62 Å². The third kappa shape index (κ3) is 3.55. The lowest BCUT2D eigenvalue weighted by Gasteiger charge is -2.13. The van der Waals surface area contributed by atoms with Crippen molar-refractivity contribution in [1.29, 1.82) is 0 Å². The third-order valence-electron chi connectivity index (χ3n) is 3.27. The van der Waals surface area contributed by atoms with Gasteiger partial charge in [0.05, 0.1) is 20.1 Å². The van der Waals surface area contributed by atoms with Crippen LogP contribution in [0.5, 0.6) is 0 Å². The minimum Gasteiger partial charge on any atom is -0.307 e. The molecule has 2 amide bonds. The van der Waals surface area contributed by atoms with Crippen molar-refractivity contribution in [3.05, 3.63) is 62.7 Å². The van der Waals surface area contributed by atoms with Crippen LogP contribution in [-0.4, -0.2) is 20.9 Å². The van der Waals surface area contributed by atoms with Gasteiger partial charge in [-0.25, -0.2) is 14.1 Å². The fraction of sp³-hybridized carbons (Fsp3) is 0. The number of rotatable bonds is 4. The number of nitro groups is 2. The van der Waals surface area contributed by atoms with Gasteiger partial charge in [-0.2, -0.15) is 0 Å². The van der Waals surface area contributed by atoms with E-state index in [1.54, 1.807) is 0 Å². The molecule has 0 bridgehead atoms. The summed E-state index contributed by atoms with van der Waals surface area (Å²) in [6.45, 7) is 0. The van der Waals surface area contributed by atoms with E-state index in [1.807, 2.05) is 0 Å². The Morgan fingerprint density at radius 2 is 1.69 bits per heavy atom. The lowest BCUT2D eigenvalue weighted by Crippen LogP contribution is -2.26. The van der Waals surface area contributed by atoms with Crippen molar-refractivity contribution < 1.29 is 14.6 Å². The van der Waals surface area contributed by atoms with Crippen LogP contribution in [0.1, 0.15) is 0 Å². The lowest BCUT2D eigenvalue weighted by molar-refractivity contribution is -0.385. The molecule has 1 N–H and O–H groups in total. The monoisotopic (exact) mass is 391 g/mol. The average Bonchev–Trinajstić information content (AvgIpc) is 3.04. The van der Waals surface area contributed by atoms with Gasteiger partial charge in [0.2, 0.25) is 5.13 Å². The van der Waals surface area contributed by atoms with E-state index in [1.165, 1.54) is 42.5 Å². The Morgan fingerprint density at radius 1 is 1.08 bits per heavy atom. The summed E-state index contributed by atoms with van der Waals surface area (Å²) in [5, 5.41) is 24.2. The Labute approximate surface area is 154 Å². The molecule has 2 aromatic carbocycles. The highest BCUT2D eigenvalue weighted by molar-refractivity contribution is 7.83. The van der Waals surface area contributed by atoms with Gasteiger partial charge in [0, 0.05) is 30.0 Å². The van der Waals surface area contributed by atoms with Crippen molar-refractivity contribution in [3.63, 3.8) is 0 Å². The maximum Gasteiger partial charge on any atom is 0.338 e. The Kier molecular flexibility index (Phi) is 4.69. The second-order valence-electron chi connectivity index (χ2n) is 4.95. The van der Waals surface area contributed by atoms with E-state index in [0.717, 1.165) is 15.6 Å². The van der Waals surface area contributed by atoms with Crippen LogP contribution in [0.3, 0.4) is 0 Å². The summed E-state index contributed by atoms with van der Waals surface area (Å²) in [4.78, 5) is 36.8. The number of nitrogens with zero attached hydrogens (tertiary/aromatic N) is 4. The molecule has 3 aromatic rings. The molecule has 0 aliphatic rings. The van der Waals surface area contributed by atoms with Crippen molar-refractivity contribution >= 4 is 62.6 Å². The van der Waals surface area contributed by atoms with Crippen LogP contribution in [-0.2, 0) is 0 Å². The smallest absolute Gasteiger partial charge is 0.307 e. The molecule has 0 radical (unpaired) electrons. The predicted molar refractivity (Wildman–Crippen MR) is 99.9 cm³/mol. The molecular weight excluding hydrogens is 382 g/mol. The number of anilines is 2. The van der Waals surface area contributed by atoms with Crippen molar-refractivity contribution in [2.24, 2.45) is 0 Å². The number of hydrogen-bond acceptors (Lipinski definition) is 8. The molecule has 132 valence electrons. The molecule has 0 unspecified atom stereocenters. The molecule has 0 atom stereocenters. The number of thiazole rings is 1. The molecule has 0 fully saturated rings. The SMILES string of the molecule is O=C(Nc1ccc([N+](=O)[O-])cc1)N(S)c1nc2ccc([N+](=O)[O-])cc2s1. The Morgan fingerprint density at radius 3 is 2.31 bits per heavy atom. The largest absolute Gasteiger partial charge is 0.338 e. The highest BCUT2D eigenvalue weighted by atomic mass is 32.1. The lowest BCUT2D eigenvalue weighted by atomic mass is 10.3. The molecule has 0 saturated heterocycles. The van der Waals surface area contributed by atoms with E-state index in [4.69, 9.17) is 0 Å². The molecule has 1 heterocycles. The van der Waals surface area contributed by atoms with Gasteiger partial charge in [-0.05, 0) is 18.2 Å². The summed E-state index contributed by atoms with van der Waals surface area (Å²) in [5.41, 5.74) is 0.668. The number of carbonyl (C=O) groups excluding carboxylic acids is 1. The van der Waals surface area contributed by atoms with Crippen LogP contribution in [0.25, 0.3) is 10.2 Å². The Bertz CT molecular complexity index is 1020. The topological polar surface area (TPSA) is 132 Å². The maximum absolute atomic E-state index is 12.2. The van der Waals surface area contributed by atoms with E-state index in [2.05, 4.69) is 23.1 Å². The van der Waals surface area contributed by atoms with Crippen LogP contribution in [0.2, 0.25) is 0 Å². The number of urea groups is 1. The van der Waals surface area contributed by atoms with Gasteiger partial charge in [0.1, 0.15) is 0 Å². The number of amides is 2. The fourth-order valence-corrected chi connectivity index (χ4v) is 3.16. The first kappa shape index (κ1) is 17.6. The molecule has 3 rings (SSSR count). The molecule has 0 aliphatic carbocycles. The summed E-state index contributed by atoms with van der Waals surface area (Å²) >= 11 is 5.17. The molecule has 12 heteroatoms. The first-order valence-corrected chi connectivity index (χ1v) is 8.16. The van der Waals surface area contributed by atoms with E-state index < -0.39 is 15.9 Å².